The second-order valence-corrected chi connectivity index (χ2v) is 3.35. The van der Waals surface area contributed by atoms with E-state index in [4.69, 9.17) is 0 Å². The molecule has 1 aliphatic heterocycles. The fraction of sp³-hybridized carbons (Fsp3) is 0.667. The van der Waals surface area contributed by atoms with Crippen LogP contribution in [0.5, 0.6) is 0 Å². The first-order chi connectivity index (χ1) is 5.92. The van der Waals surface area contributed by atoms with Crippen molar-refractivity contribution in [3.8, 4) is 0 Å². The van der Waals surface area contributed by atoms with Crippen molar-refractivity contribution < 1.29 is 0 Å². The fourth-order valence-corrected chi connectivity index (χ4v) is 1.58. The molecule has 1 N–H and O–H groups in total. The van der Waals surface area contributed by atoms with Crippen LogP contribution in [0.4, 0.5) is 0 Å². The number of hydrogen-bond donors (Lipinski definition) is 1. The summed E-state index contributed by atoms with van der Waals surface area (Å²) in [5.74, 6) is 0. The molecule has 0 saturated carbocycles. The van der Waals surface area contributed by atoms with Crippen molar-refractivity contribution in [3.05, 3.63) is 18.2 Å². The smallest absolute Gasteiger partial charge is 0.0951 e. The number of rotatable bonds is 3. The Kier molecular flexibility index (Phi) is 2.13. The molecular weight excluding hydrogens is 150 g/mol. The topological polar surface area (TPSA) is 29.9 Å². The molecule has 0 unspecified atom stereocenters. The Morgan fingerprint density at radius 1 is 1.67 bits per heavy atom. The number of nitrogens with zero attached hydrogens (tertiary/aromatic N) is 2. The van der Waals surface area contributed by atoms with E-state index in [0.717, 1.165) is 19.5 Å². The minimum Gasteiger partial charge on any atom is -0.329 e. The van der Waals surface area contributed by atoms with Gasteiger partial charge in [-0.25, -0.2) is 4.98 Å². The van der Waals surface area contributed by atoms with Gasteiger partial charge in [-0.05, 0) is 6.42 Å². The van der Waals surface area contributed by atoms with Crippen LogP contribution in [0.15, 0.2) is 12.5 Å². The summed E-state index contributed by atoms with van der Waals surface area (Å²) in [5, 5.41) is 3.27. The van der Waals surface area contributed by atoms with Crippen molar-refractivity contribution in [2.45, 2.75) is 25.8 Å². The van der Waals surface area contributed by atoms with Gasteiger partial charge < -0.3 is 9.88 Å². The van der Waals surface area contributed by atoms with Gasteiger partial charge in [0, 0.05) is 25.0 Å². The van der Waals surface area contributed by atoms with Crippen LogP contribution in [0.3, 0.4) is 0 Å². The molecule has 3 heteroatoms. The molecule has 66 valence electrons. The number of hydrogen-bond acceptors (Lipinski definition) is 2. The molecule has 0 atom stereocenters. The first-order valence-electron chi connectivity index (χ1n) is 4.63. The highest BCUT2D eigenvalue weighted by Crippen LogP contribution is 2.15. The second kappa shape index (κ2) is 3.27. The molecule has 0 aliphatic carbocycles. The van der Waals surface area contributed by atoms with Gasteiger partial charge in [0.25, 0.3) is 0 Å². The zero-order valence-electron chi connectivity index (χ0n) is 7.45. The minimum absolute atomic E-state index is 0.661. The molecule has 1 aliphatic rings. The fourth-order valence-electron chi connectivity index (χ4n) is 1.58. The summed E-state index contributed by atoms with van der Waals surface area (Å²) in [6, 6.07) is 0.661. The van der Waals surface area contributed by atoms with Crippen molar-refractivity contribution in [2.24, 2.45) is 0 Å². The highest BCUT2D eigenvalue weighted by Gasteiger charge is 2.19. The molecule has 1 fully saturated rings. The highest BCUT2D eigenvalue weighted by molar-refractivity contribution is 5.02. The molecule has 0 amide bonds. The summed E-state index contributed by atoms with van der Waals surface area (Å²) in [5.41, 5.74) is 1.38. The maximum atomic E-state index is 4.18. The average molecular weight is 165 g/mol. The summed E-state index contributed by atoms with van der Waals surface area (Å²) in [7, 11) is 0. The average Bonchev–Trinajstić information content (AvgIpc) is 2.35. The molecule has 2 heterocycles. The number of aromatic nitrogens is 2. The first kappa shape index (κ1) is 7.80. The first-order valence-corrected chi connectivity index (χ1v) is 4.63. The minimum atomic E-state index is 0.661. The van der Waals surface area contributed by atoms with Crippen LogP contribution in [0.2, 0.25) is 0 Å². The lowest BCUT2D eigenvalue weighted by atomic mass is 10.1. The number of imidazole rings is 1. The Morgan fingerprint density at radius 3 is 3.08 bits per heavy atom. The monoisotopic (exact) mass is 165 g/mol. The Morgan fingerprint density at radius 2 is 2.50 bits per heavy atom. The van der Waals surface area contributed by atoms with Crippen molar-refractivity contribution in [1.29, 1.82) is 0 Å². The molecule has 0 radical (unpaired) electrons. The third-order valence-electron chi connectivity index (χ3n) is 2.41. The van der Waals surface area contributed by atoms with E-state index >= 15 is 0 Å². The van der Waals surface area contributed by atoms with Gasteiger partial charge in [0.15, 0.2) is 0 Å². The van der Waals surface area contributed by atoms with Crippen LogP contribution >= 0.6 is 0 Å². The maximum absolute atomic E-state index is 4.18. The van der Waals surface area contributed by atoms with Gasteiger partial charge in [-0.3, -0.25) is 0 Å². The molecule has 1 aromatic rings. The van der Waals surface area contributed by atoms with E-state index in [1.165, 1.54) is 12.1 Å². The van der Waals surface area contributed by atoms with E-state index in [-0.39, 0.29) is 0 Å². The lowest BCUT2D eigenvalue weighted by Gasteiger charge is -2.29. The van der Waals surface area contributed by atoms with E-state index in [0.29, 0.717) is 6.04 Å². The van der Waals surface area contributed by atoms with Crippen LogP contribution in [0, 0.1) is 0 Å². The Balaban J connectivity index is 2.12. The molecule has 3 nitrogen and oxygen atoms in total. The Labute approximate surface area is 72.8 Å². The molecule has 0 bridgehead atoms. The van der Waals surface area contributed by atoms with Crippen LogP contribution in [0.25, 0.3) is 0 Å². The zero-order chi connectivity index (χ0) is 8.39. The van der Waals surface area contributed by atoms with E-state index in [9.17, 15) is 0 Å². The second-order valence-electron chi connectivity index (χ2n) is 3.35. The summed E-state index contributed by atoms with van der Waals surface area (Å²) in [6.45, 7) is 4.41. The zero-order valence-corrected chi connectivity index (χ0v) is 7.45. The maximum Gasteiger partial charge on any atom is 0.0951 e. The lowest BCUT2D eigenvalue weighted by molar-refractivity contribution is 0.336. The van der Waals surface area contributed by atoms with Crippen LogP contribution < -0.4 is 5.32 Å². The van der Waals surface area contributed by atoms with Crippen LogP contribution in [0.1, 0.15) is 25.1 Å². The normalized spacial score (nSPS) is 17.8. The van der Waals surface area contributed by atoms with Crippen molar-refractivity contribution in [2.75, 3.05) is 13.1 Å². The van der Waals surface area contributed by atoms with Gasteiger partial charge >= 0.3 is 0 Å². The van der Waals surface area contributed by atoms with Gasteiger partial charge in [-0.1, -0.05) is 13.3 Å². The van der Waals surface area contributed by atoms with Crippen LogP contribution in [-0.2, 0) is 6.42 Å². The highest BCUT2D eigenvalue weighted by atomic mass is 15.2. The molecule has 2 rings (SSSR count). The van der Waals surface area contributed by atoms with Gasteiger partial charge in [0.05, 0.1) is 12.4 Å². The molecule has 1 aromatic heterocycles. The van der Waals surface area contributed by atoms with E-state index in [2.05, 4.69) is 21.8 Å². The largest absolute Gasteiger partial charge is 0.329 e. The molecule has 0 spiro atoms. The Bertz CT molecular complexity index is 250. The Hall–Kier alpha value is -0.830. The summed E-state index contributed by atoms with van der Waals surface area (Å²) < 4.78 is 2.31. The molecule has 12 heavy (non-hydrogen) atoms. The van der Waals surface area contributed by atoms with Gasteiger partial charge in [-0.2, -0.15) is 0 Å². The standard InChI is InChI=1S/C9H15N3/c1-2-3-8-4-11-7-12(8)9-5-10-6-9/h4,7,9-10H,2-3,5-6H2,1H3. The summed E-state index contributed by atoms with van der Waals surface area (Å²) >= 11 is 0. The number of nitrogens with one attached hydrogen (secondary N) is 1. The predicted molar refractivity (Wildman–Crippen MR) is 48.1 cm³/mol. The van der Waals surface area contributed by atoms with E-state index < -0.39 is 0 Å². The predicted octanol–water partition coefficient (Wildman–Crippen LogP) is 0.980. The van der Waals surface area contributed by atoms with Gasteiger partial charge in [-0.15, -0.1) is 0 Å². The molecular formula is C9H15N3. The third kappa shape index (κ3) is 1.25. The van der Waals surface area contributed by atoms with Crippen molar-refractivity contribution >= 4 is 0 Å². The SMILES string of the molecule is CCCc1cncn1C1CNC1. The van der Waals surface area contributed by atoms with Gasteiger partial charge in [0.2, 0.25) is 0 Å². The van der Waals surface area contributed by atoms with Crippen molar-refractivity contribution in [3.63, 3.8) is 0 Å². The van der Waals surface area contributed by atoms with Crippen LogP contribution in [-0.4, -0.2) is 22.6 Å². The molecule has 0 aromatic carbocycles. The number of aryl methyl sites for hydroxylation is 1. The summed E-state index contributed by atoms with van der Waals surface area (Å²) in [4.78, 5) is 4.18. The van der Waals surface area contributed by atoms with Crippen molar-refractivity contribution in [1.82, 2.24) is 14.9 Å². The third-order valence-corrected chi connectivity index (χ3v) is 2.41. The van der Waals surface area contributed by atoms with E-state index in [1.54, 1.807) is 0 Å². The molecule has 1 saturated heterocycles. The quantitative estimate of drug-likeness (QED) is 0.723. The van der Waals surface area contributed by atoms with E-state index in [1.807, 2.05) is 12.5 Å². The lowest BCUT2D eigenvalue weighted by Crippen LogP contribution is -2.43. The van der Waals surface area contributed by atoms with Gasteiger partial charge in [0.1, 0.15) is 0 Å². The summed E-state index contributed by atoms with van der Waals surface area (Å²) in [6.07, 6.45) is 6.29.